The van der Waals surface area contributed by atoms with Crippen LogP contribution in [0, 0.1) is 17.3 Å². The Hall–Kier alpha value is -1.85. The van der Waals surface area contributed by atoms with Crippen molar-refractivity contribution in [1.29, 1.82) is 0 Å². The maximum absolute atomic E-state index is 12.5. The number of nitrogens with one attached hydrogen (secondary N) is 1. The molecule has 1 N–H and O–H groups in total. The molecule has 0 radical (unpaired) electrons. The van der Waals surface area contributed by atoms with Crippen molar-refractivity contribution in [1.82, 2.24) is 5.43 Å². The van der Waals surface area contributed by atoms with Gasteiger partial charge >= 0.3 is 0 Å². The third-order valence-corrected chi connectivity index (χ3v) is 7.14. The van der Waals surface area contributed by atoms with Crippen LogP contribution in [0.15, 0.2) is 52.0 Å². The van der Waals surface area contributed by atoms with E-state index >= 15 is 0 Å². The minimum Gasteiger partial charge on any atom is -0.488 e. The van der Waals surface area contributed by atoms with Crippen molar-refractivity contribution in [3.8, 4) is 5.75 Å². The van der Waals surface area contributed by atoms with E-state index in [9.17, 15) is 4.79 Å². The van der Waals surface area contributed by atoms with Crippen LogP contribution in [0.5, 0.6) is 5.75 Å². The zero-order valence-electron chi connectivity index (χ0n) is 16.3. The molecule has 1 amide bonds. The molecular weight excluding hydrogens is 452 g/mol. The molecular formula is C23H24BrClN2O2. The fraction of sp³-hybridized carbons (Fsp3) is 0.391. The molecule has 4 nitrogen and oxygen atoms in total. The zero-order chi connectivity index (χ0) is 20.4. The summed E-state index contributed by atoms with van der Waals surface area (Å²) in [4.78, 5) is 12.5. The zero-order valence-corrected chi connectivity index (χ0v) is 18.7. The van der Waals surface area contributed by atoms with E-state index in [0.717, 1.165) is 27.8 Å². The van der Waals surface area contributed by atoms with E-state index in [0.29, 0.717) is 17.5 Å². The van der Waals surface area contributed by atoms with Gasteiger partial charge in [0, 0.05) is 10.9 Å². The summed E-state index contributed by atoms with van der Waals surface area (Å²) in [6.45, 7) is 2.70. The lowest BCUT2D eigenvalue weighted by Gasteiger charge is -2.15. The van der Waals surface area contributed by atoms with Gasteiger partial charge in [0.1, 0.15) is 12.4 Å². The van der Waals surface area contributed by atoms with Gasteiger partial charge in [-0.05, 0) is 81.6 Å². The van der Waals surface area contributed by atoms with E-state index in [-0.39, 0.29) is 17.2 Å². The Kier molecular flexibility index (Phi) is 5.98. The highest BCUT2D eigenvalue weighted by Crippen LogP contribution is 2.66. The topological polar surface area (TPSA) is 50.7 Å². The standard InChI is InChI=1S/C23H24BrClN2O2/c1-23-11-3-2-4-18(23)21(23)22(28)27-26-13-16-7-10-20(19(24)12-16)29-14-15-5-8-17(25)9-6-15/h5-10,12-13,18,21H,2-4,11,14H2,1H3,(H,27,28)/b26-13-/t18-,21+,23-/m0/s1. The molecule has 0 aliphatic heterocycles. The SMILES string of the molecule is C[C@]12CCCC[C@H]1[C@@H]2C(=O)N/N=C\c1ccc(OCc2ccc(Cl)cc2)c(Br)c1. The summed E-state index contributed by atoms with van der Waals surface area (Å²) in [5.74, 6) is 1.46. The maximum atomic E-state index is 12.5. The van der Waals surface area contributed by atoms with Crippen LogP contribution in [0.2, 0.25) is 5.02 Å². The monoisotopic (exact) mass is 474 g/mol. The second-order valence-electron chi connectivity index (χ2n) is 8.18. The van der Waals surface area contributed by atoms with E-state index in [1.165, 1.54) is 19.3 Å². The molecule has 6 heteroatoms. The van der Waals surface area contributed by atoms with Gasteiger partial charge < -0.3 is 4.74 Å². The Morgan fingerprint density at radius 2 is 2.10 bits per heavy atom. The molecule has 0 unspecified atom stereocenters. The molecule has 2 aliphatic rings. The maximum Gasteiger partial charge on any atom is 0.244 e. The van der Waals surface area contributed by atoms with E-state index in [1.54, 1.807) is 6.21 Å². The lowest BCUT2D eigenvalue weighted by molar-refractivity contribution is -0.123. The number of rotatable bonds is 6. The normalized spacial score (nSPS) is 25.5. The van der Waals surface area contributed by atoms with Crippen molar-refractivity contribution in [2.75, 3.05) is 0 Å². The smallest absolute Gasteiger partial charge is 0.244 e. The molecule has 0 spiro atoms. The summed E-state index contributed by atoms with van der Waals surface area (Å²) in [5, 5.41) is 4.87. The Morgan fingerprint density at radius 3 is 2.79 bits per heavy atom. The quantitative estimate of drug-likeness (QED) is 0.414. The van der Waals surface area contributed by atoms with Crippen molar-refractivity contribution < 1.29 is 9.53 Å². The van der Waals surface area contributed by atoms with Gasteiger partial charge in [-0.25, -0.2) is 5.43 Å². The number of ether oxygens (including phenoxy) is 1. The number of nitrogens with zero attached hydrogens (tertiary/aromatic N) is 1. The molecule has 29 heavy (non-hydrogen) atoms. The lowest BCUT2D eigenvalue weighted by atomic mass is 9.90. The van der Waals surface area contributed by atoms with Gasteiger partial charge in [-0.15, -0.1) is 0 Å². The first-order valence-corrected chi connectivity index (χ1v) is 11.1. The van der Waals surface area contributed by atoms with Crippen LogP contribution in [0.1, 0.15) is 43.7 Å². The Balaban J connectivity index is 1.31. The molecule has 0 saturated heterocycles. The van der Waals surface area contributed by atoms with Gasteiger partial charge in [0.2, 0.25) is 5.91 Å². The van der Waals surface area contributed by atoms with Crippen LogP contribution in [0.4, 0.5) is 0 Å². The third kappa shape index (κ3) is 4.51. The molecule has 2 fully saturated rings. The van der Waals surface area contributed by atoms with Crippen molar-refractivity contribution in [2.45, 2.75) is 39.2 Å². The first kappa shape index (κ1) is 20.4. The van der Waals surface area contributed by atoms with Gasteiger partial charge in [-0.2, -0.15) is 5.10 Å². The number of fused-ring (bicyclic) bond motifs is 1. The Labute approximate surface area is 184 Å². The average molecular weight is 476 g/mol. The average Bonchev–Trinajstić information content (AvgIpc) is 3.34. The van der Waals surface area contributed by atoms with Crippen LogP contribution < -0.4 is 10.2 Å². The van der Waals surface area contributed by atoms with Crippen molar-refractivity contribution in [3.63, 3.8) is 0 Å². The van der Waals surface area contributed by atoms with Crippen molar-refractivity contribution in [2.24, 2.45) is 22.4 Å². The fourth-order valence-electron chi connectivity index (χ4n) is 4.55. The summed E-state index contributed by atoms with van der Waals surface area (Å²) in [6, 6.07) is 13.3. The summed E-state index contributed by atoms with van der Waals surface area (Å²) in [7, 11) is 0. The van der Waals surface area contributed by atoms with E-state index in [2.05, 4.69) is 33.4 Å². The molecule has 4 rings (SSSR count). The number of amides is 1. The molecule has 0 aromatic heterocycles. The highest BCUT2D eigenvalue weighted by Gasteiger charge is 2.64. The number of carbonyl (C=O) groups is 1. The highest BCUT2D eigenvalue weighted by atomic mass is 79.9. The number of carbonyl (C=O) groups excluding carboxylic acids is 1. The third-order valence-electron chi connectivity index (χ3n) is 6.27. The van der Waals surface area contributed by atoms with E-state index in [1.807, 2.05) is 42.5 Å². The highest BCUT2D eigenvalue weighted by molar-refractivity contribution is 9.10. The summed E-state index contributed by atoms with van der Waals surface area (Å²) in [6.07, 6.45) is 6.47. The minimum absolute atomic E-state index is 0.0534. The summed E-state index contributed by atoms with van der Waals surface area (Å²) < 4.78 is 6.70. The molecule has 3 atom stereocenters. The number of hydrazone groups is 1. The van der Waals surface area contributed by atoms with Crippen LogP contribution in [-0.2, 0) is 11.4 Å². The van der Waals surface area contributed by atoms with E-state index in [4.69, 9.17) is 16.3 Å². The number of hydrogen-bond acceptors (Lipinski definition) is 3. The largest absolute Gasteiger partial charge is 0.488 e. The minimum atomic E-state index is 0.0534. The predicted octanol–water partition coefficient (Wildman–Crippen LogP) is 5.96. The van der Waals surface area contributed by atoms with Gasteiger partial charge in [0.25, 0.3) is 0 Å². The second kappa shape index (κ2) is 8.49. The van der Waals surface area contributed by atoms with Gasteiger partial charge in [0.05, 0.1) is 10.7 Å². The second-order valence-corrected chi connectivity index (χ2v) is 9.47. The molecule has 2 aliphatic carbocycles. The number of benzene rings is 2. The van der Waals surface area contributed by atoms with Gasteiger partial charge in [-0.1, -0.05) is 43.5 Å². The molecule has 2 aromatic carbocycles. The van der Waals surface area contributed by atoms with Crippen molar-refractivity contribution in [3.05, 3.63) is 63.1 Å². The molecule has 2 saturated carbocycles. The number of halogens is 2. The molecule has 152 valence electrons. The van der Waals surface area contributed by atoms with Crippen LogP contribution >= 0.6 is 27.5 Å². The lowest BCUT2D eigenvalue weighted by Crippen LogP contribution is -2.22. The van der Waals surface area contributed by atoms with Gasteiger partial charge in [-0.3, -0.25) is 4.79 Å². The Bertz CT molecular complexity index is 931. The van der Waals surface area contributed by atoms with E-state index < -0.39 is 0 Å². The predicted molar refractivity (Wildman–Crippen MR) is 119 cm³/mol. The Morgan fingerprint density at radius 1 is 1.31 bits per heavy atom. The molecule has 2 aromatic rings. The van der Waals surface area contributed by atoms with Gasteiger partial charge in [0.15, 0.2) is 0 Å². The van der Waals surface area contributed by atoms with Crippen LogP contribution in [0.3, 0.4) is 0 Å². The fourth-order valence-corrected chi connectivity index (χ4v) is 5.18. The first-order chi connectivity index (χ1) is 14.0. The van der Waals surface area contributed by atoms with Crippen LogP contribution in [0.25, 0.3) is 0 Å². The first-order valence-electron chi connectivity index (χ1n) is 9.97. The summed E-state index contributed by atoms with van der Waals surface area (Å²) in [5.41, 5.74) is 4.86. The molecule has 0 bridgehead atoms. The summed E-state index contributed by atoms with van der Waals surface area (Å²) >= 11 is 9.44. The van der Waals surface area contributed by atoms with Crippen molar-refractivity contribution >= 4 is 39.7 Å². The molecule has 0 heterocycles. The van der Waals surface area contributed by atoms with Crippen LogP contribution in [-0.4, -0.2) is 12.1 Å². The number of hydrogen-bond donors (Lipinski definition) is 1.